The van der Waals surface area contributed by atoms with E-state index in [4.69, 9.17) is 14.2 Å². The first-order chi connectivity index (χ1) is 14.7. The molecule has 0 atom stereocenters. The summed E-state index contributed by atoms with van der Waals surface area (Å²) in [6.45, 7) is 0.147. The fraction of sp³-hybridized carbons (Fsp3) is 0.143. The molecule has 4 aromatic rings. The number of ether oxygens (including phenoxy) is 3. The smallest absolute Gasteiger partial charge is 0.311 e. The highest BCUT2D eigenvalue weighted by Gasteiger charge is 2.16. The number of carbonyl (C=O) groups excluding carboxylic acids is 1. The Morgan fingerprint density at radius 3 is 2.83 bits per heavy atom. The summed E-state index contributed by atoms with van der Waals surface area (Å²) in [7, 11) is 0. The van der Waals surface area contributed by atoms with Gasteiger partial charge in [0.2, 0.25) is 6.79 Å². The molecule has 1 aliphatic rings. The monoisotopic (exact) mass is 404 g/mol. The lowest BCUT2D eigenvalue weighted by atomic mass is 10.2. The first-order valence-corrected chi connectivity index (χ1v) is 9.30. The Kier molecular flexibility index (Phi) is 4.40. The quantitative estimate of drug-likeness (QED) is 0.402. The molecule has 1 aliphatic heterocycles. The largest absolute Gasteiger partial charge is 0.454 e. The Balaban J connectivity index is 1.33. The number of benzene rings is 2. The van der Waals surface area contributed by atoms with E-state index in [-0.39, 0.29) is 25.2 Å². The number of aryl methyl sites for hydroxylation is 1. The van der Waals surface area contributed by atoms with Gasteiger partial charge in [-0.2, -0.15) is 5.10 Å². The molecule has 30 heavy (non-hydrogen) atoms. The van der Waals surface area contributed by atoms with Crippen molar-refractivity contribution in [3.05, 3.63) is 70.9 Å². The average Bonchev–Trinajstić information content (AvgIpc) is 3.40. The number of para-hydroxylation sites is 1. The molecular formula is C21H16N4O5. The molecule has 0 radical (unpaired) electrons. The van der Waals surface area contributed by atoms with Crippen LogP contribution in [0.1, 0.15) is 12.2 Å². The fourth-order valence-electron chi connectivity index (χ4n) is 3.18. The van der Waals surface area contributed by atoms with Gasteiger partial charge in [0.1, 0.15) is 17.0 Å². The molecule has 9 nitrogen and oxygen atoms in total. The number of rotatable bonds is 5. The Hall–Kier alpha value is -4.14. The number of aromatic nitrogens is 4. The summed E-state index contributed by atoms with van der Waals surface area (Å²) in [5, 5.41) is 4.65. The third-order valence-electron chi connectivity index (χ3n) is 4.63. The highest BCUT2D eigenvalue weighted by atomic mass is 16.7. The van der Waals surface area contributed by atoms with Crippen molar-refractivity contribution >= 4 is 17.0 Å². The van der Waals surface area contributed by atoms with E-state index in [1.807, 2.05) is 30.3 Å². The number of aromatic amines is 1. The molecule has 1 N–H and O–H groups in total. The number of H-pyrrole nitrogens is 1. The first kappa shape index (κ1) is 17.9. The zero-order valence-electron chi connectivity index (χ0n) is 15.7. The summed E-state index contributed by atoms with van der Waals surface area (Å²) in [4.78, 5) is 31.8. The summed E-state index contributed by atoms with van der Waals surface area (Å²) in [5.41, 5.74) is 0.921. The molecule has 0 aliphatic carbocycles. The van der Waals surface area contributed by atoms with E-state index >= 15 is 0 Å². The molecular weight excluding hydrogens is 388 g/mol. The van der Waals surface area contributed by atoms with Crippen molar-refractivity contribution in [1.82, 2.24) is 19.7 Å². The van der Waals surface area contributed by atoms with Gasteiger partial charge in [-0.3, -0.25) is 9.59 Å². The van der Waals surface area contributed by atoms with E-state index in [0.717, 1.165) is 5.69 Å². The number of esters is 1. The van der Waals surface area contributed by atoms with Gasteiger partial charge in [0.15, 0.2) is 17.1 Å². The number of fused-ring (bicyclic) bond motifs is 2. The van der Waals surface area contributed by atoms with Gasteiger partial charge in [-0.25, -0.2) is 9.67 Å². The second-order valence-electron chi connectivity index (χ2n) is 6.63. The van der Waals surface area contributed by atoms with E-state index in [2.05, 4.69) is 15.1 Å². The number of hydrogen-bond acceptors (Lipinski definition) is 7. The highest BCUT2D eigenvalue weighted by Crippen LogP contribution is 2.35. The van der Waals surface area contributed by atoms with Gasteiger partial charge in [-0.15, -0.1) is 0 Å². The topological polar surface area (TPSA) is 108 Å². The Morgan fingerprint density at radius 1 is 1.13 bits per heavy atom. The lowest BCUT2D eigenvalue weighted by Crippen LogP contribution is -2.15. The van der Waals surface area contributed by atoms with Crippen LogP contribution < -0.4 is 19.8 Å². The van der Waals surface area contributed by atoms with Crippen LogP contribution >= 0.6 is 0 Å². The van der Waals surface area contributed by atoms with Crippen molar-refractivity contribution in [2.45, 2.75) is 12.8 Å². The van der Waals surface area contributed by atoms with Gasteiger partial charge >= 0.3 is 5.97 Å². The van der Waals surface area contributed by atoms with E-state index < -0.39 is 5.97 Å². The summed E-state index contributed by atoms with van der Waals surface area (Å²) in [6.07, 6.45) is 1.74. The normalized spacial score (nSPS) is 12.3. The molecule has 0 saturated carbocycles. The molecule has 0 unspecified atom stereocenters. The van der Waals surface area contributed by atoms with E-state index in [0.29, 0.717) is 34.1 Å². The van der Waals surface area contributed by atoms with Crippen LogP contribution in [-0.2, 0) is 11.2 Å². The van der Waals surface area contributed by atoms with Crippen LogP contribution in [0.3, 0.4) is 0 Å². The number of hydrogen-bond donors (Lipinski definition) is 1. The Morgan fingerprint density at radius 2 is 1.97 bits per heavy atom. The Bertz CT molecular complexity index is 1300. The predicted octanol–water partition coefficient (Wildman–Crippen LogP) is 2.38. The van der Waals surface area contributed by atoms with Crippen molar-refractivity contribution in [3.8, 4) is 22.9 Å². The maximum absolute atomic E-state index is 12.4. The second-order valence-corrected chi connectivity index (χ2v) is 6.63. The SMILES string of the molecule is O=C(CCc1nc2c(cnn2-c2ccccc2)c(=O)[nH]1)Oc1ccc2c(c1)OCO2. The standard InChI is InChI=1S/C21H16N4O5/c26-19(30-14-6-7-16-17(10-14)29-12-28-16)9-8-18-23-20-15(21(27)24-18)11-22-25(20)13-4-2-1-3-5-13/h1-7,10-11H,8-9,12H2,(H,23,24,27). The minimum absolute atomic E-state index is 0.0440. The fourth-order valence-corrected chi connectivity index (χ4v) is 3.18. The van der Waals surface area contributed by atoms with Crippen LogP contribution in [0.5, 0.6) is 17.2 Å². The molecule has 2 aromatic carbocycles. The van der Waals surface area contributed by atoms with Crippen LogP contribution in [0.25, 0.3) is 16.7 Å². The van der Waals surface area contributed by atoms with Gasteiger partial charge in [-0.1, -0.05) is 18.2 Å². The summed E-state index contributed by atoms with van der Waals surface area (Å²) >= 11 is 0. The maximum Gasteiger partial charge on any atom is 0.311 e. The van der Waals surface area contributed by atoms with Gasteiger partial charge in [0.05, 0.1) is 18.3 Å². The summed E-state index contributed by atoms with van der Waals surface area (Å²) in [6, 6.07) is 14.3. The van der Waals surface area contributed by atoms with Crippen LogP contribution in [0.15, 0.2) is 59.5 Å². The molecule has 0 bridgehead atoms. The third-order valence-corrected chi connectivity index (χ3v) is 4.63. The van der Waals surface area contributed by atoms with Crippen molar-refractivity contribution < 1.29 is 19.0 Å². The number of carbonyl (C=O) groups is 1. The van der Waals surface area contributed by atoms with Crippen LogP contribution in [0.4, 0.5) is 0 Å². The van der Waals surface area contributed by atoms with Gasteiger partial charge in [0, 0.05) is 12.5 Å². The summed E-state index contributed by atoms with van der Waals surface area (Å²) in [5.74, 6) is 1.44. The van der Waals surface area contributed by atoms with Crippen LogP contribution in [0.2, 0.25) is 0 Å². The first-order valence-electron chi connectivity index (χ1n) is 9.30. The lowest BCUT2D eigenvalue weighted by molar-refractivity contribution is -0.134. The van der Waals surface area contributed by atoms with E-state index in [9.17, 15) is 9.59 Å². The number of nitrogens with one attached hydrogen (secondary N) is 1. The van der Waals surface area contributed by atoms with E-state index in [1.165, 1.54) is 6.20 Å². The van der Waals surface area contributed by atoms with Crippen LogP contribution in [-0.4, -0.2) is 32.5 Å². The average molecular weight is 404 g/mol. The molecule has 0 spiro atoms. The lowest BCUT2D eigenvalue weighted by Gasteiger charge is -2.06. The second kappa shape index (κ2) is 7.36. The maximum atomic E-state index is 12.4. The molecule has 5 rings (SSSR count). The Labute approximate surface area is 169 Å². The van der Waals surface area contributed by atoms with Crippen molar-refractivity contribution in [1.29, 1.82) is 0 Å². The molecule has 150 valence electrons. The summed E-state index contributed by atoms with van der Waals surface area (Å²) < 4.78 is 17.4. The van der Waals surface area contributed by atoms with Gasteiger partial charge in [-0.05, 0) is 24.3 Å². The molecule has 0 fully saturated rings. The molecule has 2 aromatic heterocycles. The molecule has 3 heterocycles. The third kappa shape index (κ3) is 3.37. The van der Waals surface area contributed by atoms with E-state index in [1.54, 1.807) is 22.9 Å². The van der Waals surface area contributed by atoms with Gasteiger partial charge in [0.25, 0.3) is 5.56 Å². The zero-order chi connectivity index (χ0) is 20.5. The highest BCUT2D eigenvalue weighted by molar-refractivity contribution is 5.75. The number of nitrogens with zero attached hydrogens (tertiary/aromatic N) is 3. The molecule has 0 amide bonds. The van der Waals surface area contributed by atoms with Crippen molar-refractivity contribution in [3.63, 3.8) is 0 Å². The molecule has 9 heteroatoms. The minimum atomic E-state index is -0.451. The van der Waals surface area contributed by atoms with Crippen LogP contribution in [0, 0.1) is 0 Å². The van der Waals surface area contributed by atoms with Crippen molar-refractivity contribution in [2.24, 2.45) is 0 Å². The predicted molar refractivity (Wildman–Crippen MR) is 106 cm³/mol. The zero-order valence-corrected chi connectivity index (χ0v) is 15.7. The van der Waals surface area contributed by atoms with Gasteiger partial charge < -0.3 is 19.2 Å². The van der Waals surface area contributed by atoms with Crippen molar-refractivity contribution in [2.75, 3.05) is 6.79 Å². The molecule has 0 saturated heterocycles. The minimum Gasteiger partial charge on any atom is -0.454 e.